The molecule has 0 fully saturated rings. The average molecular weight is 289 g/mol. The first-order valence-electron chi connectivity index (χ1n) is 6.37. The van der Waals surface area contributed by atoms with Gasteiger partial charge in [-0.05, 0) is 29.1 Å². The molecule has 0 saturated heterocycles. The summed E-state index contributed by atoms with van der Waals surface area (Å²) in [7, 11) is 0. The summed E-state index contributed by atoms with van der Waals surface area (Å²) in [4.78, 5) is 1.30. The second-order valence-electron chi connectivity index (χ2n) is 4.19. The SMILES string of the molecule is NCC#Cc1cc(F)ccc1COCCc1cccs1. The first-order valence-corrected chi connectivity index (χ1v) is 7.25. The molecule has 0 unspecified atom stereocenters. The van der Waals surface area contributed by atoms with Crippen LogP contribution in [0.3, 0.4) is 0 Å². The van der Waals surface area contributed by atoms with Gasteiger partial charge in [-0.15, -0.1) is 11.3 Å². The minimum absolute atomic E-state index is 0.259. The summed E-state index contributed by atoms with van der Waals surface area (Å²) in [5.74, 6) is 5.32. The second kappa shape index (κ2) is 7.81. The molecule has 0 spiro atoms. The number of halogens is 1. The molecule has 2 aromatic rings. The maximum absolute atomic E-state index is 13.2. The van der Waals surface area contributed by atoms with E-state index in [1.807, 2.05) is 6.07 Å². The van der Waals surface area contributed by atoms with E-state index in [9.17, 15) is 4.39 Å². The van der Waals surface area contributed by atoms with Gasteiger partial charge in [-0.3, -0.25) is 0 Å². The van der Waals surface area contributed by atoms with Gasteiger partial charge in [-0.25, -0.2) is 4.39 Å². The number of nitrogens with two attached hydrogens (primary N) is 1. The molecular weight excluding hydrogens is 273 g/mol. The van der Waals surface area contributed by atoms with Crippen LogP contribution < -0.4 is 5.73 Å². The van der Waals surface area contributed by atoms with Gasteiger partial charge in [-0.2, -0.15) is 0 Å². The van der Waals surface area contributed by atoms with E-state index in [1.165, 1.54) is 17.0 Å². The highest BCUT2D eigenvalue weighted by atomic mass is 32.1. The van der Waals surface area contributed by atoms with Crippen molar-refractivity contribution in [3.05, 3.63) is 57.5 Å². The minimum atomic E-state index is -0.298. The van der Waals surface area contributed by atoms with Crippen molar-refractivity contribution >= 4 is 11.3 Å². The molecule has 4 heteroatoms. The number of ether oxygens (including phenoxy) is 1. The van der Waals surface area contributed by atoms with Crippen molar-refractivity contribution in [1.29, 1.82) is 0 Å². The standard InChI is InChI=1S/C16H16FNOS/c17-15-6-5-14(13(11-15)3-1-8-18)12-19-9-7-16-4-2-10-20-16/h2,4-6,10-11H,7-9,12,18H2. The zero-order valence-corrected chi connectivity index (χ0v) is 11.9. The molecule has 0 aliphatic carbocycles. The Morgan fingerprint density at radius 2 is 2.20 bits per heavy atom. The average Bonchev–Trinajstić information content (AvgIpc) is 2.96. The van der Waals surface area contributed by atoms with Gasteiger partial charge in [0.05, 0.1) is 19.8 Å². The lowest BCUT2D eigenvalue weighted by Gasteiger charge is -2.06. The Morgan fingerprint density at radius 1 is 1.30 bits per heavy atom. The summed E-state index contributed by atoms with van der Waals surface area (Å²) < 4.78 is 18.8. The Kier molecular flexibility index (Phi) is 5.75. The molecule has 0 atom stereocenters. The normalized spacial score (nSPS) is 10.1. The van der Waals surface area contributed by atoms with Crippen molar-refractivity contribution < 1.29 is 9.13 Å². The molecule has 1 aromatic carbocycles. The highest BCUT2D eigenvalue weighted by Gasteiger charge is 2.03. The van der Waals surface area contributed by atoms with E-state index in [1.54, 1.807) is 17.4 Å². The van der Waals surface area contributed by atoms with Gasteiger partial charge in [0.25, 0.3) is 0 Å². The van der Waals surface area contributed by atoms with E-state index in [4.69, 9.17) is 10.5 Å². The van der Waals surface area contributed by atoms with Crippen molar-refractivity contribution in [2.45, 2.75) is 13.0 Å². The maximum Gasteiger partial charge on any atom is 0.124 e. The van der Waals surface area contributed by atoms with Crippen molar-refractivity contribution in [2.75, 3.05) is 13.2 Å². The summed E-state index contributed by atoms with van der Waals surface area (Å²) in [5.41, 5.74) is 6.88. The molecular formula is C16H16FNOS. The molecule has 0 bridgehead atoms. The molecule has 2 N–H and O–H groups in total. The Balaban J connectivity index is 1.91. The van der Waals surface area contributed by atoms with Gasteiger partial charge < -0.3 is 10.5 Å². The molecule has 20 heavy (non-hydrogen) atoms. The maximum atomic E-state index is 13.2. The quantitative estimate of drug-likeness (QED) is 0.678. The van der Waals surface area contributed by atoms with Crippen LogP contribution in [0.15, 0.2) is 35.7 Å². The van der Waals surface area contributed by atoms with Crippen molar-refractivity contribution in [2.24, 2.45) is 5.73 Å². The van der Waals surface area contributed by atoms with E-state index in [0.29, 0.717) is 18.8 Å². The molecule has 1 aromatic heterocycles. The first kappa shape index (κ1) is 14.7. The highest BCUT2D eigenvalue weighted by Crippen LogP contribution is 2.13. The van der Waals surface area contributed by atoms with Crippen LogP contribution in [0, 0.1) is 17.7 Å². The monoisotopic (exact) mass is 289 g/mol. The third-order valence-electron chi connectivity index (χ3n) is 2.73. The number of rotatable bonds is 5. The summed E-state index contributed by atoms with van der Waals surface area (Å²) in [6.07, 6.45) is 0.892. The summed E-state index contributed by atoms with van der Waals surface area (Å²) in [5, 5.41) is 2.05. The largest absolute Gasteiger partial charge is 0.376 e. The fourth-order valence-electron chi connectivity index (χ4n) is 1.75. The van der Waals surface area contributed by atoms with Gasteiger partial charge in [0.2, 0.25) is 0 Å². The smallest absolute Gasteiger partial charge is 0.124 e. The third-order valence-corrected chi connectivity index (χ3v) is 3.66. The van der Waals surface area contributed by atoms with E-state index >= 15 is 0 Å². The molecule has 0 amide bonds. The molecule has 0 saturated carbocycles. The van der Waals surface area contributed by atoms with Crippen molar-refractivity contribution in [3.63, 3.8) is 0 Å². The molecule has 104 valence electrons. The van der Waals surface area contributed by atoms with Gasteiger partial charge in [0.1, 0.15) is 5.82 Å². The number of hydrogen-bond donors (Lipinski definition) is 1. The van der Waals surface area contributed by atoms with Crippen LogP contribution in [0.25, 0.3) is 0 Å². The second-order valence-corrected chi connectivity index (χ2v) is 5.22. The number of thiophene rings is 1. The van der Waals surface area contributed by atoms with Crippen molar-refractivity contribution in [3.8, 4) is 11.8 Å². The highest BCUT2D eigenvalue weighted by molar-refractivity contribution is 7.09. The van der Waals surface area contributed by atoms with Gasteiger partial charge in [-0.1, -0.05) is 24.0 Å². The van der Waals surface area contributed by atoms with Crippen LogP contribution in [-0.4, -0.2) is 13.2 Å². The lowest BCUT2D eigenvalue weighted by molar-refractivity contribution is 0.124. The predicted molar refractivity (Wildman–Crippen MR) is 80.0 cm³/mol. The topological polar surface area (TPSA) is 35.2 Å². The van der Waals surface area contributed by atoms with Gasteiger partial charge in [0.15, 0.2) is 0 Å². The Labute approximate surface area is 122 Å². The van der Waals surface area contributed by atoms with Gasteiger partial charge >= 0.3 is 0 Å². The summed E-state index contributed by atoms with van der Waals surface area (Å²) in [6, 6.07) is 8.66. The summed E-state index contributed by atoms with van der Waals surface area (Å²) in [6.45, 7) is 1.33. The van der Waals surface area contributed by atoms with Crippen LogP contribution in [0.4, 0.5) is 4.39 Å². The molecule has 2 rings (SSSR count). The van der Waals surface area contributed by atoms with E-state index in [2.05, 4.69) is 23.3 Å². The lowest BCUT2D eigenvalue weighted by atomic mass is 10.1. The molecule has 0 radical (unpaired) electrons. The minimum Gasteiger partial charge on any atom is -0.376 e. The fourth-order valence-corrected chi connectivity index (χ4v) is 2.44. The molecule has 2 nitrogen and oxygen atoms in total. The van der Waals surface area contributed by atoms with E-state index in [0.717, 1.165) is 12.0 Å². The van der Waals surface area contributed by atoms with E-state index < -0.39 is 0 Å². The van der Waals surface area contributed by atoms with Crippen LogP contribution in [0.5, 0.6) is 0 Å². The fraction of sp³-hybridized carbons (Fsp3) is 0.250. The predicted octanol–water partition coefficient (Wildman–Crippen LogP) is 2.96. The van der Waals surface area contributed by atoms with Gasteiger partial charge in [0, 0.05) is 16.9 Å². The zero-order chi connectivity index (χ0) is 14.2. The van der Waals surface area contributed by atoms with Crippen LogP contribution >= 0.6 is 11.3 Å². The van der Waals surface area contributed by atoms with Crippen LogP contribution in [0.1, 0.15) is 16.0 Å². The molecule has 0 aliphatic rings. The first-order chi connectivity index (χ1) is 9.79. The molecule has 0 aliphatic heterocycles. The third kappa shape index (κ3) is 4.46. The van der Waals surface area contributed by atoms with Crippen LogP contribution in [-0.2, 0) is 17.8 Å². The zero-order valence-electron chi connectivity index (χ0n) is 11.1. The molecule has 1 heterocycles. The Morgan fingerprint density at radius 3 is 2.95 bits per heavy atom. The van der Waals surface area contributed by atoms with Crippen molar-refractivity contribution in [1.82, 2.24) is 0 Å². The van der Waals surface area contributed by atoms with E-state index in [-0.39, 0.29) is 12.4 Å². The lowest BCUT2D eigenvalue weighted by Crippen LogP contribution is -2.01. The summed E-state index contributed by atoms with van der Waals surface area (Å²) >= 11 is 1.72. The number of benzene rings is 1. The Hall–Kier alpha value is -1.67. The number of hydrogen-bond acceptors (Lipinski definition) is 3. The van der Waals surface area contributed by atoms with Crippen LogP contribution in [0.2, 0.25) is 0 Å². The Bertz CT molecular complexity index is 599.